The maximum absolute atomic E-state index is 8.40. The molecule has 0 bridgehead atoms. The molecule has 12 heavy (non-hydrogen) atoms. The molecule has 2 nitrogen and oxygen atoms in total. The second kappa shape index (κ2) is 3.77. The van der Waals surface area contributed by atoms with E-state index in [9.17, 15) is 0 Å². The fourth-order valence-corrected chi connectivity index (χ4v) is 1.19. The third-order valence-electron chi connectivity index (χ3n) is 1.87. The average molecular weight is 160 g/mol. The van der Waals surface area contributed by atoms with Crippen LogP contribution in [0.5, 0.6) is 0 Å². The van der Waals surface area contributed by atoms with E-state index in [1.165, 1.54) is 11.1 Å². The Balaban J connectivity index is 2.81. The van der Waals surface area contributed by atoms with Crippen molar-refractivity contribution in [3.8, 4) is 6.07 Å². The summed E-state index contributed by atoms with van der Waals surface area (Å²) in [6.07, 6.45) is 1.40. The predicted octanol–water partition coefficient (Wildman–Crippen LogP) is 2.03. The number of aryl methyl sites for hydroxylation is 2. The van der Waals surface area contributed by atoms with Crippen LogP contribution in [-0.4, -0.2) is 0 Å². The summed E-state index contributed by atoms with van der Waals surface area (Å²) < 4.78 is 0. The molecule has 0 aromatic heterocycles. The average Bonchev–Trinajstić information content (AvgIpc) is 2.03. The van der Waals surface area contributed by atoms with Crippen LogP contribution in [0, 0.1) is 18.3 Å². The highest BCUT2D eigenvalue weighted by Crippen LogP contribution is 2.13. The molecule has 0 amide bonds. The number of anilines is 1. The number of nitriles is 1. The SMILES string of the molecule is Cc1cc(N)ccc1CCC#N. The van der Waals surface area contributed by atoms with Gasteiger partial charge >= 0.3 is 0 Å². The molecule has 1 aromatic carbocycles. The highest BCUT2D eigenvalue weighted by Gasteiger charge is 1.97. The van der Waals surface area contributed by atoms with Crippen molar-refractivity contribution in [1.82, 2.24) is 0 Å². The summed E-state index contributed by atoms with van der Waals surface area (Å²) in [5.74, 6) is 0. The molecule has 0 radical (unpaired) electrons. The Morgan fingerprint density at radius 2 is 2.25 bits per heavy atom. The summed E-state index contributed by atoms with van der Waals surface area (Å²) in [6, 6.07) is 7.93. The molecule has 0 saturated heterocycles. The molecular weight excluding hydrogens is 148 g/mol. The molecule has 2 heteroatoms. The van der Waals surface area contributed by atoms with E-state index in [1.54, 1.807) is 0 Å². The van der Waals surface area contributed by atoms with E-state index in [2.05, 4.69) is 6.07 Å². The Kier molecular flexibility index (Phi) is 2.71. The van der Waals surface area contributed by atoms with Crippen LogP contribution in [0.25, 0.3) is 0 Å². The van der Waals surface area contributed by atoms with Crippen molar-refractivity contribution in [2.75, 3.05) is 5.73 Å². The second-order valence-electron chi connectivity index (χ2n) is 2.84. The molecule has 0 saturated carbocycles. The van der Waals surface area contributed by atoms with E-state index in [-0.39, 0.29) is 0 Å². The number of nitrogen functional groups attached to an aromatic ring is 1. The number of nitrogens with two attached hydrogens (primary N) is 1. The zero-order valence-corrected chi connectivity index (χ0v) is 7.17. The first-order chi connectivity index (χ1) is 5.74. The number of benzene rings is 1. The monoisotopic (exact) mass is 160 g/mol. The van der Waals surface area contributed by atoms with Gasteiger partial charge in [-0.2, -0.15) is 5.26 Å². The van der Waals surface area contributed by atoms with E-state index in [0.29, 0.717) is 6.42 Å². The first kappa shape index (κ1) is 8.61. The molecule has 1 aromatic rings. The number of hydrogen-bond acceptors (Lipinski definition) is 2. The van der Waals surface area contributed by atoms with Crippen LogP contribution in [0.4, 0.5) is 5.69 Å². The minimum Gasteiger partial charge on any atom is -0.399 e. The molecule has 0 fully saturated rings. The van der Waals surface area contributed by atoms with Gasteiger partial charge in [-0.15, -0.1) is 0 Å². The van der Waals surface area contributed by atoms with Crippen LogP contribution >= 0.6 is 0 Å². The van der Waals surface area contributed by atoms with Crippen LogP contribution < -0.4 is 5.73 Å². The topological polar surface area (TPSA) is 49.8 Å². The Bertz CT molecular complexity index is 310. The fourth-order valence-electron chi connectivity index (χ4n) is 1.19. The van der Waals surface area contributed by atoms with Gasteiger partial charge in [0, 0.05) is 12.1 Å². The van der Waals surface area contributed by atoms with Gasteiger partial charge in [-0.05, 0) is 36.6 Å². The lowest BCUT2D eigenvalue weighted by atomic mass is 10.0. The molecule has 2 N–H and O–H groups in total. The van der Waals surface area contributed by atoms with Gasteiger partial charge in [0.2, 0.25) is 0 Å². The van der Waals surface area contributed by atoms with Crippen molar-refractivity contribution in [2.24, 2.45) is 0 Å². The number of nitrogens with zero attached hydrogens (tertiary/aromatic N) is 1. The van der Waals surface area contributed by atoms with Crippen molar-refractivity contribution < 1.29 is 0 Å². The molecule has 0 aliphatic rings. The lowest BCUT2D eigenvalue weighted by molar-refractivity contribution is 0.997. The maximum Gasteiger partial charge on any atom is 0.0625 e. The summed E-state index contributed by atoms with van der Waals surface area (Å²) in [5, 5.41) is 8.40. The largest absolute Gasteiger partial charge is 0.399 e. The molecule has 0 aliphatic heterocycles. The molecule has 62 valence electrons. The van der Waals surface area contributed by atoms with Gasteiger partial charge in [0.1, 0.15) is 0 Å². The minimum absolute atomic E-state index is 0.574. The zero-order valence-electron chi connectivity index (χ0n) is 7.17. The summed E-state index contributed by atoms with van der Waals surface area (Å²) in [4.78, 5) is 0. The Hall–Kier alpha value is -1.49. The normalized spacial score (nSPS) is 9.33. The van der Waals surface area contributed by atoms with Crippen molar-refractivity contribution in [3.05, 3.63) is 29.3 Å². The van der Waals surface area contributed by atoms with Gasteiger partial charge in [0.25, 0.3) is 0 Å². The zero-order chi connectivity index (χ0) is 8.97. The van der Waals surface area contributed by atoms with Gasteiger partial charge in [-0.1, -0.05) is 6.07 Å². The second-order valence-corrected chi connectivity index (χ2v) is 2.84. The predicted molar refractivity (Wildman–Crippen MR) is 49.5 cm³/mol. The smallest absolute Gasteiger partial charge is 0.0625 e. The molecule has 0 spiro atoms. The van der Waals surface area contributed by atoms with Gasteiger partial charge < -0.3 is 5.73 Å². The Morgan fingerprint density at radius 3 is 2.83 bits per heavy atom. The molecular formula is C10H12N2. The first-order valence-electron chi connectivity index (χ1n) is 3.96. The minimum atomic E-state index is 0.574. The maximum atomic E-state index is 8.40. The van der Waals surface area contributed by atoms with E-state index in [4.69, 9.17) is 11.0 Å². The number of rotatable bonds is 2. The summed E-state index contributed by atoms with van der Waals surface area (Å²) in [6.45, 7) is 2.02. The summed E-state index contributed by atoms with van der Waals surface area (Å²) >= 11 is 0. The highest BCUT2D eigenvalue weighted by molar-refractivity contribution is 5.44. The van der Waals surface area contributed by atoms with Gasteiger partial charge in [-0.3, -0.25) is 0 Å². The van der Waals surface area contributed by atoms with Crippen molar-refractivity contribution in [3.63, 3.8) is 0 Å². The van der Waals surface area contributed by atoms with Crippen molar-refractivity contribution >= 4 is 5.69 Å². The summed E-state index contributed by atoms with van der Waals surface area (Å²) in [5.41, 5.74) is 8.76. The molecule has 0 aliphatic carbocycles. The van der Waals surface area contributed by atoms with E-state index >= 15 is 0 Å². The van der Waals surface area contributed by atoms with E-state index in [0.717, 1.165) is 12.1 Å². The van der Waals surface area contributed by atoms with Gasteiger partial charge in [0.15, 0.2) is 0 Å². The van der Waals surface area contributed by atoms with Gasteiger partial charge in [-0.25, -0.2) is 0 Å². The number of hydrogen-bond donors (Lipinski definition) is 1. The lowest BCUT2D eigenvalue weighted by Crippen LogP contribution is -1.91. The lowest BCUT2D eigenvalue weighted by Gasteiger charge is -2.03. The Labute approximate surface area is 72.6 Å². The van der Waals surface area contributed by atoms with Crippen LogP contribution in [0.15, 0.2) is 18.2 Å². The molecule has 0 atom stereocenters. The Morgan fingerprint density at radius 1 is 1.50 bits per heavy atom. The summed E-state index contributed by atoms with van der Waals surface area (Å²) in [7, 11) is 0. The highest BCUT2D eigenvalue weighted by atomic mass is 14.5. The van der Waals surface area contributed by atoms with Crippen molar-refractivity contribution in [2.45, 2.75) is 19.8 Å². The van der Waals surface area contributed by atoms with E-state index in [1.807, 2.05) is 25.1 Å². The fraction of sp³-hybridized carbons (Fsp3) is 0.300. The van der Waals surface area contributed by atoms with Crippen LogP contribution in [-0.2, 0) is 6.42 Å². The van der Waals surface area contributed by atoms with Gasteiger partial charge in [0.05, 0.1) is 6.07 Å². The molecule has 0 unspecified atom stereocenters. The first-order valence-corrected chi connectivity index (χ1v) is 3.96. The van der Waals surface area contributed by atoms with Crippen molar-refractivity contribution in [1.29, 1.82) is 5.26 Å². The van der Waals surface area contributed by atoms with Crippen LogP contribution in [0.2, 0.25) is 0 Å². The van der Waals surface area contributed by atoms with Crippen LogP contribution in [0.1, 0.15) is 17.5 Å². The van der Waals surface area contributed by atoms with Crippen LogP contribution in [0.3, 0.4) is 0 Å². The third-order valence-corrected chi connectivity index (χ3v) is 1.87. The quantitative estimate of drug-likeness (QED) is 0.673. The van der Waals surface area contributed by atoms with E-state index < -0.39 is 0 Å². The molecule has 0 heterocycles. The molecule has 1 rings (SSSR count). The third kappa shape index (κ3) is 2.00. The standard InChI is InChI=1S/C10H12N2/c1-8-7-10(12)5-4-9(8)3-2-6-11/h4-5,7H,2-3,12H2,1H3.